The number of carbonyl (C=O) groups is 2. The second kappa shape index (κ2) is 9.02. The fourth-order valence-electron chi connectivity index (χ4n) is 3.38. The first kappa shape index (κ1) is 20.6. The van der Waals surface area contributed by atoms with Gasteiger partial charge in [0.15, 0.2) is 5.78 Å². The van der Waals surface area contributed by atoms with Crippen molar-refractivity contribution >= 4 is 23.4 Å². The molecule has 0 aliphatic heterocycles. The highest BCUT2D eigenvalue weighted by Gasteiger charge is 2.32. The third-order valence-electron chi connectivity index (χ3n) is 4.79. The molecule has 0 saturated heterocycles. The molecule has 0 aliphatic carbocycles. The highest BCUT2D eigenvalue weighted by Crippen LogP contribution is 2.39. The van der Waals surface area contributed by atoms with Gasteiger partial charge in [0.25, 0.3) is 0 Å². The number of hydrogen-bond acceptors (Lipinski definition) is 4. The number of ether oxygens (including phenoxy) is 1. The summed E-state index contributed by atoms with van der Waals surface area (Å²) < 4.78 is 11.5. The van der Waals surface area contributed by atoms with Gasteiger partial charge >= 0.3 is 5.97 Å². The summed E-state index contributed by atoms with van der Waals surface area (Å²) in [5.41, 5.74) is 2.05. The highest BCUT2D eigenvalue weighted by molar-refractivity contribution is 6.30. The van der Waals surface area contributed by atoms with Crippen LogP contribution in [0.5, 0.6) is 0 Å². The summed E-state index contributed by atoms with van der Waals surface area (Å²) in [6.45, 7) is 1.89. The van der Waals surface area contributed by atoms with Crippen molar-refractivity contribution < 1.29 is 18.7 Å². The lowest BCUT2D eigenvalue weighted by Gasteiger charge is -2.07. The fourth-order valence-corrected chi connectivity index (χ4v) is 3.50. The molecule has 4 rings (SSSR count). The Bertz CT molecular complexity index is 1210. The van der Waals surface area contributed by atoms with Gasteiger partial charge in [0.2, 0.25) is 0 Å². The zero-order valence-electron chi connectivity index (χ0n) is 16.8. The molecule has 0 fully saturated rings. The lowest BCUT2D eigenvalue weighted by molar-refractivity contribution is 0.0524. The maximum Gasteiger partial charge on any atom is 0.342 e. The predicted molar refractivity (Wildman–Crippen MR) is 120 cm³/mol. The first-order chi connectivity index (χ1) is 15.1. The SMILES string of the molecule is CCOC(=O)c1c(-c2ccc(Cl)cc2)oc(-c2ccccc2)c1C(=O)c1ccccc1. The van der Waals surface area contributed by atoms with Crippen molar-refractivity contribution in [2.24, 2.45) is 0 Å². The van der Waals surface area contributed by atoms with Crippen molar-refractivity contribution in [3.05, 3.63) is 107 Å². The molecule has 0 atom stereocenters. The number of esters is 1. The fraction of sp³-hybridized carbons (Fsp3) is 0.0769. The molecule has 4 nitrogen and oxygen atoms in total. The van der Waals surface area contributed by atoms with Gasteiger partial charge in [0.1, 0.15) is 17.1 Å². The highest BCUT2D eigenvalue weighted by atomic mass is 35.5. The van der Waals surface area contributed by atoms with Gasteiger partial charge in [-0.15, -0.1) is 0 Å². The van der Waals surface area contributed by atoms with Gasteiger partial charge in [0.05, 0.1) is 12.2 Å². The molecule has 1 aromatic heterocycles. The lowest BCUT2D eigenvalue weighted by Crippen LogP contribution is -2.12. The molecule has 1 heterocycles. The van der Waals surface area contributed by atoms with Crippen LogP contribution in [0.25, 0.3) is 22.6 Å². The summed E-state index contributed by atoms with van der Waals surface area (Å²) in [6.07, 6.45) is 0. The largest absolute Gasteiger partial charge is 0.462 e. The smallest absolute Gasteiger partial charge is 0.342 e. The van der Waals surface area contributed by atoms with E-state index < -0.39 is 5.97 Å². The number of ketones is 1. The second-order valence-electron chi connectivity index (χ2n) is 6.80. The molecule has 154 valence electrons. The zero-order valence-corrected chi connectivity index (χ0v) is 17.6. The number of benzene rings is 3. The number of hydrogen-bond donors (Lipinski definition) is 0. The minimum atomic E-state index is -0.613. The maximum absolute atomic E-state index is 13.6. The summed E-state index contributed by atoms with van der Waals surface area (Å²) in [5, 5.41) is 0.553. The minimum absolute atomic E-state index is 0.108. The minimum Gasteiger partial charge on any atom is -0.462 e. The van der Waals surface area contributed by atoms with Crippen LogP contribution in [0.3, 0.4) is 0 Å². The monoisotopic (exact) mass is 430 g/mol. The molecular weight excluding hydrogens is 412 g/mol. The Morgan fingerprint density at radius 1 is 0.774 bits per heavy atom. The number of furan rings is 1. The zero-order chi connectivity index (χ0) is 21.8. The Labute approximate surface area is 185 Å². The third-order valence-corrected chi connectivity index (χ3v) is 5.05. The Kier molecular flexibility index (Phi) is 6.01. The van der Waals surface area contributed by atoms with Crippen LogP contribution in [0.15, 0.2) is 89.3 Å². The predicted octanol–water partition coefficient (Wildman–Crippen LogP) is 6.67. The molecule has 31 heavy (non-hydrogen) atoms. The molecule has 0 aliphatic rings. The number of halogens is 1. The summed E-state index contributed by atoms with van der Waals surface area (Å²) in [4.78, 5) is 26.6. The lowest BCUT2D eigenvalue weighted by atomic mass is 9.95. The molecule has 0 spiro atoms. The van der Waals surface area contributed by atoms with E-state index in [0.29, 0.717) is 27.5 Å². The number of rotatable bonds is 6. The van der Waals surface area contributed by atoms with Crippen LogP contribution in [-0.4, -0.2) is 18.4 Å². The normalized spacial score (nSPS) is 10.6. The average Bonchev–Trinajstić information content (AvgIpc) is 3.21. The van der Waals surface area contributed by atoms with E-state index in [9.17, 15) is 9.59 Å². The van der Waals surface area contributed by atoms with E-state index in [1.165, 1.54) is 0 Å². The molecule has 3 aromatic carbocycles. The van der Waals surface area contributed by atoms with Crippen molar-refractivity contribution in [2.45, 2.75) is 6.92 Å². The van der Waals surface area contributed by atoms with Crippen LogP contribution in [0, 0.1) is 0 Å². The molecule has 0 bridgehead atoms. The summed E-state index contributed by atoms with van der Waals surface area (Å²) >= 11 is 6.04. The van der Waals surface area contributed by atoms with E-state index in [1.54, 1.807) is 55.5 Å². The molecule has 0 N–H and O–H groups in total. The van der Waals surface area contributed by atoms with Gasteiger partial charge in [-0.05, 0) is 31.2 Å². The van der Waals surface area contributed by atoms with E-state index in [4.69, 9.17) is 20.8 Å². The molecule has 4 aromatic rings. The van der Waals surface area contributed by atoms with Gasteiger partial charge in [-0.3, -0.25) is 4.79 Å². The number of carbonyl (C=O) groups excluding carboxylic acids is 2. The van der Waals surface area contributed by atoms with Crippen LogP contribution in [0.1, 0.15) is 33.2 Å². The third kappa shape index (κ3) is 4.16. The van der Waals surface area contributed by atoms with Crippen LogP contribution in [0.4, 0.5) is 0 Å². The first-order valence-corrected chi connectivity index (χ1v) is 10.2. The molecular formula is C26H19ClO4. The quantitative estimate of drug-likeness (QED) is 0.253. The summed E-state index contributed by atoms with van der Waals surface area (Å²) in [7, 11) is 0. The van der Waals surface area contributed by atoms with Gasteiger partial charge in [-0.25, -0.2) is 4.79 Å². The first-order valence-electron chi connectivity index (χ1n) is 9.85. The van der Waals surface area contributed by atoms with Gasteiger partial charge in [-0.2, -0.15) is 0 Å². The standard InChI is InChI=1S/C26H19ClO4/c1-2-30-26(29)22-21(23(28)17-9-5-3-6-10-17)24(18-11-7-4-8-12-18)31-25(22)19-13-15-20(27)16-14-19/h3-16H,2H2,1H3. The van der Waals surface area contributed by atoms with Crippen molar-refractivity contribution in [3.63, 3.8) is 0 Å². The van der Waals surface area contributed by atoms with Crippen molar-refractivity contribution in [3.8, 4) is 22.6 Å². The van der Waals surface area contributed by atoms with Crippen LogP contribution < -0.4 is 0 Å². The van der Waals surface area contributed by atoms with E-state index in [0.717, 1.165) is 0 Å². The molecule has 0 saturated carbocycles. The molecule has 0 radical (unpaired) electrons. The van der Waals surface area contributed by atoms with Gasteiger partial charge < -0.3 is 9.15 Å². The van der Waals surface area contributed by atoms with E-state index >= 15 is 0 Å². The second-order valence-corrected chi connectivity index (χ2v) is 7.24. The Morgan fingerprint density at radius 2 is 1.32 bits per heavy atom. The van der Waals surface area contributed by atoms with Crippen LogP contribution >= 0.6 is 11.6 Å². The maximum atomic E-state index is 13.6. The summed E-state index contributed by atoms with van der Waals surface area (Å²) in [6, 6.07) is 24.9. The summed E-state index contributed by atoms with van der Waals surface area (Å²) in [5.74, 6) is -0.333. The Hall–Kier alpha value is -3.63. The van der Waals surface area contributed by atoms with E-state index in [1.807, 2.05) is 36.4 Å². The van der Waals surface area contributed by atoms with Gasteiger partial charge in [0, 0.05) is 21.7 Å². The molecule has 5 heteroatoms. The molecule has 0 unspecified atom stereocenters. The Morgan fingerprint density at radius 3 is 1.94 bits per heavy atom. The topological polar surface area (TPSA) is 56.5 Å². The van der Waals surface area contributed by atoms with Gasteiger partial charge in [-0.1, -0.05) is 72.3 Å². The van der Waals surface area contributed by atoms with Crippen molar-refractivity contribution in [1.82, 2.24) is 0 Å². The van der Waals surface area contributed by atoms with Crippen molar-refractivity contribution in [1.29, 1.82) is 0 Å². The van der Waals surface area contributed by atoms with Crippen molar-refractivity contribution in [2.75, 3.05) is 6.61 Å². The van der Waals surface area contributed by atoms with E-state index in [2.05, 4.69) is 0 Å². The molecule has 0 amide bonds. The van der Waals surface area contributed by atoms with E-state index in [-0.39, 0.29) is 29.3 Å². The van der Waals surface area contributed by atoms with Crippen LogP contribution in [0.2, 0.25) is 5.02 Å². The Balaban J connectivity index is 2.02. The van der Waals surface area contributed by atoms with Crippen LogP contribution in [-0.2, 0) is 4.74 Å². The average molecular weight is 431 g/mol.